The number of non-ortho nitro benzene ring substituents is 1. The number of aryl methyl sites for hydroxylation is 3. The van der Waals surface area contributed by atoms with Crippen molar-refractivity contribution in [2.45, 2.75) is 26.8 Å². The van der Waals surface area contributed by atoms with Crippen LogP contribution in [0.2, 0.25) is 0 Å². The molecule has 156 valence electrons. The maximum Gasteiger partial charge on any atom is 0.275 e. The highest BCUT2D eigenvalue weighted by Crippen LogP contribution is 2.30. The van der Waals surface area contributed by atoms with Gasteiger partial charge in [0.2, 0.25) is 5.91 Å². The molecular formula is C21H22N4O5. The van der Waals surface area contributed by atoms with Crippen LogP contribution in [-0.2, 0) is 11.3 Å². The number of amides is 1. The molecule has 1 N–H and O–H groups in total. The molecule has 30 heavy (non-hydrogen) atoms. The van der Waals surface area contributed by atoms with Gasteiger partial charge in [-0.1, -0.05) is 0 Å². The highest BCUT2D eigenvalue weighted by atomic mass is 16.6. The minimum atomic E-state index is -0.535. The molecule has 0 aliphatic rings. The molecule has 1 heterocycles. The summed E-state index contributed by atoms with van der Waals surface area (Å²) in [5.41, 5.74) is 1.94. The van der Waals surface area contributed by atoms with Gasteiger partial charge in [-0.25, -0.2) is 0 Å². The number of hydrogen-bond donors (Lipinski definition) is 1. The zero-order valence-electron chi connectivity index (χ0n) is 16.9. The van der Waals surface area contributed by atoms with E-state index in [4.69, 9.17) is 9.47 Å². The van der Waals surface area contributed by atoms with Gasteiger partial charge < -0.3 is 14.8 Å². The molecule has 3 rings (SSSR count). The minimum absolute atomic E-state index is 0.180. The molecule has 0 radical (unpaired) electrons. The second-order valence-corrected chi connectivity index (χ2v) is 6.70. The molecule has 0 unspecified atom stereocenters. The van der Waals surface area contributed by atoms with E-state index in [0.29, 0.717) is 18.0 Å². The topological polar surface area (TPSA) is 109 Å². The third kappa shape index (κ3) is 5.34. The summed E-state index contributed by atoms with van der Waals surface area (Å²) in [6.07, 6.45) is 0.180. The van der Waals surface area contributed by atoms with Gasteiger partial charge >= 0.3 is 0 Å². The molecule has 0 saturated carbocycles. The lowest BCUT2D eigenvalue weighted by molar-refractivity contribution is -0.384. The standard InChI is InChI=1S/C21H22N4O5/c1-14-10-15(2)24(23-14)9-8-21(26)22-16-11-17(25(27)28)13-20(12-16)30-19-6-4-18(29-3)5-7-19/h4-7,10-13H,8-9H2,1-3H3,(H,22,26). The lowest BCUT2D eigenvalue weighted by Gasteiger charge is -2.10. The Labute approximate surface area is 173 Å². The second kappa shape index (κ2) is 9.08. The normalized spacial score (nSPS) is 10.5. The zero-order chi connectivity index (χ0) is 21.7. The summed E-state index contributed by atoms with van der Waals surface area (Å²) in [6.45, 7) is 4.22. The largest absolute Gasteiger partial charge is 0.497 e. The number of anilines is 1. The Bertz CT molecular complexity index is 1060. The molecule has 9 heteroatoms. The number of nitrogens with zero attached hydrogens (tertiary/aromatic N) is 3. The molecule has 0 saturated heterocycles. The summed E-state index contributed by atoms with van der Waals surface area (Å²) >= 11 is 0. The fraction of sp³-hybridized carbons (Fsp3) is 0.238. The third-order valence-corrected chi connectivity index (χ3v) is 4.34. The van der Waals surface area contributed by atoms with E-state index >= 15 is 0 Å². The van der Waals surface area contributed by atoms with Gasteiger partial charge in [0, 0.05) is 30.8 Å². The quantitative estimate of drug-likeness (QED) is 0.439. The second-order valence-electron chi connectivity index (χ2n) is 6.70. The van der Waals surface area contributed by atoms with Crippen molar-refractivity contribution in [3.63, 3.8) is 0 Å². The fourth-order valence-electron chi connectivity index (χ4n) is 2.93. The van der Waals surface area contributed by atoms with E-state index < -0.39 is 4.92 Å². The Hall–Kier alpha value is -3.88. The van der Waals surface area contributed by atoms with Crippen LogP contribution in [0.25, 0.3) is 0 Å². The predicted molar refractivity (Wildman–Crippen MR) is 111 cm³/mol. The van der Waals surface area contributed by atoms with Gasteiger partial charge in [-0.05, 0) is 44.2 Å². The molecule has 2 aromatic carbocycles. The van der Waals surface area contributed by atoms with Crippen molar-refractivity contribution < 1.29 is 19.2 Å². The van der Waals surface area contributed by atoms with Gasteiger partial charge in [-0.15, -0.1) is 0 Å². The van der Waals surface area contributed by atoms with Crippen LogP contribution in [-0.4, -0.2) is 27.7 Å². The summed E-state index contributed by atoms with van der Waals surface area (Å²) in [6, 6.07) is 12.9. The number of ether oxygens (including phenoxy) is 2. The molecule has 0 atom stereocenters. The number of nitro groups is 1. The highest BCUT2D eigenvalue weighted by Gasteiger charge is 2.14. The first-order valence-corrected chi connectivity index (χ1v) is 9.26. The van der Waals surface area contributed by atoms with Crippen molar-refractivity contribution in [1.82, 2.24) is 9.78 Å². The van der Waals surface area contributed by atoms with Crippen LogP contribution in [0.3, 0.4) is 0 Å². The Morgan fingerprint density at radius 2 is 1.80 bits per heavy atom. The average Bonchev–Trinajstić information content (AvgIpc) is 3.03. The van der Waals surface area contributed by atoms with E-state index in [9.17, 15) is 14.9 Å². The van der Waals surface area contributed by atoms with Crippen molar-refractivity contribution in [2.24, 2.45) is 0 Å². The Morgan fingerprint density at radius 3 is 2.40 bits per heavy atom. The van der Waals surface area contributed by atoms with Crippen LogP contribution < -0.4 is 14.8 Å². The van der Waals surface area contributed by atoms with E-state index in [0.717, 1.165) is 11.4 Å². The average molecular weight is 410 g/mol. The molecule has 0 fully saturated rings. The number of hydrogen-bond acceptors (Lipinski definition) is 6. The van der Waals surface area contributed by atoms with Crippen molar-refractivity contribution in [1.29, 1.82) is 0 Å². The van der Waals surface area contributed by atoms with Crippen LogP contribution in [0.4, 0.5) is 11.4 Å². The first kappa shape index (κ1) is 20.8. The molecular weight excluding hydrogens is 388 g/mol. The third-order valence-electron chi connectivity index (χ3n) is 4.34. The summed E-state index contributed by atoms with van der Waals surface area (Å²) < 4.78 is 12.6. The van der Waals surface area contributed by atoms with Gasteiger partial charge in [-0.3, -0.25) is 19.6 Å². The summed E-state index contributed by atoms with van der Waals surface area (Å²) in [5.74, 6) is 1.11. The molecule has 0 spiro atoms. The molecule has 0 aliphatic heterocycles. The van der Waals surface area contributed by atoms with Crippen molar-refractivity contribution in [2.75, 3.05) is 12.4 Å². The molecule has 0 aliphatic carbocycles. The summed E-state index contributed by atoms with van der Waals surface area (Å²) in [7, 11) is 1.56. The van der Waals surface area contributed by atoms with E-state index in [-0.39, 0.29) is 29.5 Å². The van der Waals surface area contributed by atoms with Crippen LogP contribution in [0.5, 0.6) is 17.2 Å². The van der Waals surface area contributed by atoms with Gasteiger partial charge in [-0.2, -0.15) is 5.10 Å². The number of carbonyl (C=O) groups is 1. The van der Waals surface area contributed by atoms with Crippen LogP contribution in [0, 0.1) is 24.0 Å². The van der Waals surface area contributed by atoms with E-state index in [1.54, 1.807) is 42.1 Å². The van der Waals surface area contributed by atoms with Crippen molar-refractivity contribution in [3.8, 4) is 17.2 Å². The van der Waals surface area contributed by atoms with Gasteiger partial charge in [0.05, 0.1) is 29.5 Å². The summed E-state index contributed by atoms with van der Waals surface area (Å²) in [4.78, 5) is 23.1. The number of nitrogens with one attached hydrogen (secondary N) is 1. The Balaban J connectivity index is 1.72. The molecule has 3 aromatic rings. The smallest absolute Gasteiger partial charge is 0.275 e. The molecule has 1 aromatic heterocycles. The number of rotatable bonds is 8. The first-order chi connectivity index (χ1) is 14.3. The number of nitro benzene ring substituents is 1. The number of aromatic nitrogens is 2. The molecule has 0 bridgehead atoms. The Morgan fingerprint density at radius 1 is 1.10 bits per heavy atom. The van der Waals surface area contributed by atoms with Crippen LogP contribution >= 0.6 is 0 Å². The van der Waals surface area contributed by atoms with Crippen molar-refractivity contribution >= 4 is 17.3 Å². The minimum Gasteiger partial charge on any atom is -0.497 e. The van der Waals surface area contributed by atoms with Crippen LogP contribution in [0.1, 0.15) is 17.8 Å². The lowest BCUT2D eigenvalue weighted by atomic mass is 10.2. The van der Waals surface area contributed by atoms with E-state index in [1.807, 2.05) is 19.9 Å². The maximum atomic E-state index is 12.3. The number of carbonyl (C=O) groups excluding carboxylic acids is 1. The zero-order valence-corrected chi connectivity index (χ0v) is 16.9. The monoisotopic (exact) mass is 410 g/mol. The molecule has 1 amide bonds. The van der Waals surface area contributed by atoms with Crippen molar-refractivity contribution in [3.05, 3.63) is 70.0 Å². The Kier molecular flexibility index (Phi) is 6.31. The van der Waals surface area contributed by atoms with Gasteiger partial charge in [0.1, 0.15) is 17.2 Å². The molecule has 9 nitrogen and oxygen atoms in total. The fourth-order valence-corrected chi connectivity index (χ4v) is 2.93. The SMILES string of the molecule is COc1ccc(Oc2cc(NC(=O)CCn3nc(C)cc3C)cc([N+](=O)[O-])c2)cc1. The van der Waals surface area contributed by atoms with Gasteiger partial charge in [0.15, 0.2) is 0 Å². The predicted octanol–water partition coefficient (Wildman–Crippen LogP) is 4.24. The number of benzene rings is 2. The number of methoxy groups -OCH3 is 1. The van der Waals surface area contributed by atoms with E-state index in [1.165, 1.54) is 12.1 Å². The summed E-state index contributed by atoms with van der Waals surface area (Å²) in [5, 5.41) is 18.3. The van der Waals surface area contributed by atoms with Crippen LogP contribution in [0.15, 0.2) is 48.5 Å². The van der Waals surface area contributed by atoms with Gasteiger partial charge in [0.25, 0.3) is 5.69 Å². The van der Waals surface area contributed by atoms with E-state index in [2.05, 4.69) is 10.4 Å². The first-order valence-electron chi connectivity index (χ1n) is 9.26. The highest BCUT2D eigenvalue weighted by molar-refractivity contribution is 5.91. The lowest BCUT2D eigenvalue weighted by Crippen LogP contribution is -2.15. The maximum absolute atomic E-state index is 12.3.